The van der Waals surface area contributed by atoms with E-state index in [1.165, 1.54) is 0 Å². The molecule has 0 N–H and O–H groups in total. The molecule has 16 heavy (non-hydrogen) atoms. The first-order chi connectivity index (χ1) is 7.79. The second-order valence-corrected chi connectivity index (χ2v) is 4.19. The van der Waals surface area contributed by atoms with Crippen molar-refractivity contribution in [3.05, 3.63) is 11.1 Å². The van der Waals surface area contributed by atoms with Gasteiger partial charge in [-0.15, -0.1) is 0 Å². The van der Waals surface area contributed by atoms with Gasteiger partial charge in [0.2, 0.25) is 0 Å². The van der Waals surface area contributed by atoms with Crippen molar-refractivity contribution in [3.8, 4) is 20.5 Å². The molecule has 0 radical (unpaired) electrons. The van der Waals surface area contributed by atoms with Gasteiger partial charge in [0.15, 0.2) is 0 Å². The summed E-state index contributed by atoms with van der Waals surface area (Å²) in [5.41, 5.74) is 2.31. The molecular formula is C12H12Mo2N2. The number of nitriles is 2. The summed E-state index contributed by atoms with van der Waals surface area (Å²) in [7, 11) is 0. The normalized spacial score (nSPS) is 10.2. The van der Waals surface area contributed by atoms with E-state index in [2.05, 4.69) is 20.5 Å². The van der Waals surface area contributed by atoms with E-state index in [0.29, 0.717) is 12.8 Å². The van der Waals surface area contributed by atoms with Crippen molar-refractivity contribution < 1.29 is 38.3 Å². The van der Waals surface area contributed by atoms with Crippen molar-refractivity contribution in [2.45, 2.75) is 38.5 Å². The van der Waals surface area contributed by atoms with Gasteiger partial charge >= 0.3 is 119 Å². The van der Waals surface area contributed by atoms with Crippen LogP contribution >= 0.6 is 0 Å². The van der Waals surface area contributed by atoms with Gasteiger partial charge in [-0.25, -0.2) is 0 Å². The van der Waals surface area contributed by atoms with E-state index in [1.54, 1.807) is 0 Å². The van der Waals surface area contributed by atoms with E-state index < -0.39 is 0 Å². The van der Waals surface area contributed by atoms with E-state index in [-0.39, 0.29) is 0 Å². The van der Waals surface area contributed by atoms with Crippen molar-refractivity contribution in [3.63, 3.8) is 0 Å². The first-order valence-electron chi connectivity index (χ1n) is 5.02. The zero-order valence-electron chi connectivity index (χ0n) is 8.95. The molecule has 2 nitrogen and oxygen atoms in total. The fourth-order valence-electron chi connectivity index (χ4n) is 1.22. The molecule has 0 aliphatic rings. The Balaban J connectivity index is 4.44. The SMILES string of the molecule is N#CCCC/C([C]#[Mo])=C(\[C]#[Mo])CCCC#N. The Hall–Kier alpha value is -0.343. The van der Waals surface area contributed by atoms with E-state index in [1.807, 2.05) is 38.3 Å². The molecule has 0 atom stereocenters. The zero-order valence-corrected chi connectivity index (χ0v) is 13.0. The van der Waals surface area contributed by atoms with E-state index in [9.17, 15) is 0 Å². The molecule has 0 rings (SSSR count). The van der Waals surface area contributed by atoms with Gasteiger partial charge in [-0.1, -0.05) is 0 Å². The Labute approximate surface area is 118 Å². The van der Waals surface area contributed by atoms with Gasteiger partial charge in [-0.05, 0) is 0 Å². The maximum absolute atomic E-state index is 8.48. The topological polar surface area (TPSA) is 47.6 Å². The van der Waals surface area contributed by atoms with Crippen molar-refractivity contribution in [1.82, 2.24) is 0 Å². The molecule has 0 spiro atoms. The summed E-state index contributed by atoms with van der Waals surface area (Å²) in [6, 6.07) is 4.29. The van der Waals surface area contributed by atoms with Gasteiger partial charge in [-0.2, -0.15) is 0 Å². The Morgan fingerprint density at radius 2 is 1.19 bits per heavy atom. The van der Waals surface area contributed by atoms with Crippen molar-refractivity contribution in [1.29, 1.82) is 10.5 Å². The second kappa shape index (κ2) is 11.2. The number of unbranched alkanes of at least 4 members (excludes halogenated alkanes) is 2. The number of rotatable bonds is 6. The molecule has 0 unspecified atom stereocenters. The molecule has 0 fully saturated rings. The average Bonchev–Trinajstić information content (AvgIpc) is 2.31. The van der Waals surface area contributed by atoms with Gasteiger partial charge in [0.1, 0.15) is 0 Å². The maximum atomic E-state index is 8.48. The molecule has 0 bridgehead atoms. The van der Waals surface area contributed by atoms with Crippen LogP contribution in [0, 0.1) is 31.1 Å². The molecule has 0 aliphatic carbocycles. The van der Waals surface area contributed by atoms with E-state index in [4.69, 9.17) is 10.5 Å². The van der Waals surface area contributed by atoms with Gasteiger partial charge in [-0.3, -0.25) is 0 Å². The molecule has 0 aromatic heterocycles. The number of hydrogen-bond acceptors (Lipinski definition) is 2. The van der Waals surface area contributed by atoms with E-state index >= 15 is 0 Å². The van der Waals surface area contributed by atoms with Gasteiger partial charge < -0.3 is 0 Å². The van der Waals surface area contributed by atoms with Crippen LogP contribution in [0.3, 0.4) is 0 Å². The summed E-state index contributed by atoms with van der Waals surface area (Å²) in [6.45, 7) is 0. The third-order valence-corrected chi connectivity index (χ3v) is 3.25. The Morgan fingerprint density at radius 1 is 0.812 bits per heavy atom. The van der Waals surface area contributed by atoms with Crippen LogP contribution in [-0.4, -0.2) is 0 Å². The van der Waals surface area contributed by atoms with Crippen LogP contribution in [0.5, 0.6) is 0 Å². The van der Waals surface area contributed by atoms with Gasteiger partial charge in [0, 0.05) is 0 Å². The molecule has 0 aromatic carbocycles. The molecule has 4 heteroatoms. The Kier molecular flexibility index (Phi) is 10.9. The van der Waals surface area contributed by atoms with Crippen LogP contribution < -0.4 is 0 Å². The summed E-state index contributed by atoms with van der Waals surface area (Å²) in [5.74, 6) is 0. The molecule has 0 saturated heterocycles. The predicted octanol–water partition coefficient (Wildman–Crippen LogP) is 2.68. The third-order valence-electron chi connectivity index (χ3n) is 2.04. The first-order valence-corrected chi connectivity index (χ1v) is 7.03. The second-order valence-electron chi connectivity index (χ2n) is 3.18. The fraction of sp³-hybridized carbons (Fsp3) is 0.500. The monoisotopic (exact) mass is 380 g/mol. The van der Waals surface area contributed by atoms with E-state index in [0.717, 1.165) is 36.8 Å². The van der Waals surface area contributed by atoms with Crippen molar-refractivity contribution in [2.75, 3.05) is 0 Å². The predicted molar refractivity (Wildman–Crippen MR) is 53.7 cm³/mol. The summed E-state index contributed by atoms with van der Waals surface area (Å²) in [4.78, 5) is 0. The zero-order chi connectivity index (χ0) is 12.2. The minimum absolute atomic E-state index is 0.586. The molecule has 0 saturated carbocycles. The summed E-state index contributed by atoms with van der Waals surface area (Å²) >= 11 is 3.64. The average molecular weight is 376 g/mol. The molecular weight excluding hydrogens is 364 g/mol. The molecule has 0 aliphatic heterocycles. The van der Waals surface area contributed by atoms with Crippen LogP contribution in [0.2, 0.25) is 0 Å². The minimum atomic E-state index is 0.586. The first kappa shape index (κ1) is 15.7. The van der Waals surface area contributed by atoms with Crippen molar-refractivity contribution >= 4 is 0 Å². The number of nitrogens with zero attached hydrogens (tertiary/aromatic N) is 2. The quantitative estimate of drug-likeness (QED) is 0.529. The van der Waals surface area contributed by atoms with Crippen molar-refractivity contribution in [2.24, 2.45) is 0 Å². The van der Waals surface area contributed by atoms with Crippen LogP contribution in [0.1, 0.15) is 38.5 Å². The summed E-state index contributed by atoms with van der Waals surface area (Å²) in [6.07, 6.45) is 4.69. The molecule has 82 valence electrons. The summed E-state index contributed by atoms with van der Waals surface area (Å²) in [5, 5.41) is 17.0. The van der Waals surface area contributed by atoms with Crippen LogP contribution in [0.25, 0.3) is 0 Å². The third kappa shape index (κ3) is 7.02. The number of hydrogen-bond donors (Lipinski definition) is 0. The van der Waals surface area contributed by atoms with Gasteiger partial charge in [0.05, 0.1) is 0 Å². The fourth-order valence-corrected chi connectivity index (χ4v) is 2.32. The van der Waals surface area contributed by atoms with Crippen LogP contribution in [0.4, 0.5) is 0 Å². The molecule has 0 heterocycles. The standard InChI is InChI=1S/C12H12N2.2Mo/c1-11(7-3-5-9-13)12(2)8-4-6-10-14;;/h3-8H2;;/b12-11+;;. The van der Waals surface area contributed by atoms with Crippen LogP contribution in [-0.2, 0) is 38.3 Å². The Morgan fingerprint density at radius 3 is 1.44 bits per heavy atom. The molecule has 0 amide bonds. The summed E-state index contributed by atoms with van der Waals surface area (Å²) < 4.78 is 6.35. The Bertz CT molecular complexity index is 370. The van der Waals surface area contributed by atoms with Gasteiger partial charge in [0.25, 0.3) is 0 Å². The number of allylic oxidation sites excluding steroid dienone is 2. The van der Waals surface area contributed by atoms with Crippen LogP contribution in [0.15, 0.2) is 11.1 Å². The molecule has 0 aromatic rings.